The molecule has 1 amide bonds. The summed E-state index contributed by atoms with van der Waals surface area (Å²) in [5.74, 6) is -1.38. The smallest absolute Gasteiger partial charge is 0.305 e. The first-order chi connectivity index (χ1) is 9.42. The molecule has 20 heavy (non-hydrogen) atoms. The van der Waals surface area contributed by atoms with Gasteiger partial charge in [-0.25, -0.2) is 0 Å². The molecule has 1 fully saturated rings. The zero-order chi connectivity index (χ0) is 14.8. The highest BCUT2D eigenvalue weighted by atomic mass is 79.9. The molecule has 2 N–H and O–H groups in total. The van der Waals surface area contributed by atoms with Crippen LogP contribution in [0.1, 0.15) is 23.2 Å². The molecule has 2 rings (SSSR count). The minimum Gasteiger partial charge on any atom is -0.481 e. The number of ether oxygens (including phenoxy) is 1. The van der Waals surface area contributed by atoms with Gasteiger partial charge in [0.05, 0.1) is 29.2 Å². The van der Waals surface area contributed by atoms with E-state index in [9.17, 15) is 9.59 Å². The van der Waals surface area contributed by atoms with Crippen molar-refractivity contribution in [2.24, 2.45) is 0 Å². The van der Waals surface area contributed by atoms with Crippen molar-refractivity contribution >= 4 is 39.4 Å². The van der Waals surface area contributed by atoms with Gasteiger partial charge in [-0.05, 0) is 24.6 Å². The van der Waals surface area contributed by atoms with E-state index >= 15 is 0 Å². The molecule has 1 aromatic carbocycles. The van der Waals surface area contributed by atoms with Crippen LogP contribution in [0, 0.1) is 0 Å². The highest BCUT2D eigenvalue weighted by Crippen LogP contribution is 2.26. The number of hydrogen-bond donors (Lipinski definition) is 2. The number of rotatable bonds is 4. The first-order valence-electron chi connectivity index (χ1n) is 5.99. The first kappa shape index (κ1) is 15.3. The Morgan fingerprint density at radius 2 is 2.25 bits per heavy atom. The fourth-order valence-electron chi connectivity index (χ4n) is 2.16. The Balaban J connectivity index is 2.20. The molecule has 1 aliphatic heterocycles. The van der Waals surface area contributed by atoms with Crippen LogP contribution in [0.25, 0.3) is 0 Å². The Bertz CT molecular complexity index is 543. The Kier molecular flexibility index (Phi) is 4.67. The van der Waals surface area contributed by atoms with Crippen LogP contribution in [0.3, 0.4) is 0 Å². The molecule has 5 nitrogen and oxygen atoms in total. The number of hydrogen-bond acceptors (Lipinski definition) is 3. The maximum atomic E-state index is 12.3. The summed E-state index contributed by atoms with van der Waals surface area (Å²) >= 11 is 9.27. The van der Waals surface area contributed by atoms with E-state index in [1.165, 1.54) is 0 Å². The standard InChI is InChI=1S/C13H13BrClNO4/c14-8-1-2-10(15)9(5-8)12(19)16-13(6-11(17)18)3-4-20-7-13/h1-2,5H,3-4,6-7H2,(H,16,19)(H,17,18). The molecule has 0 spiro atoms. The maximum absolute atomic E-state index is 12.3. The van der Waals surface area contributed by atoms with Crippen LogP contribution in [-0.4, -0.2) is 35.7 Å². The molecule has 108 valence electrons. The number of benzene rings is 1. The van der Waals surface area contributed by atoms with Gasteiger partial charge in [-0.1, -0.05) is 27.5 Å². The van der Waals surface area contributed by atoms with E-state index in [1.807, 2.05) is 0 Å². The van der Waals surface area contributed by atoms with Crippen molar-refractivity contribution < 1.29 is 19.4 Å². The average molecular weight is 363 g/mol. The second-order valence-corrected chi connectivity index (χ2v) is 6.05. The second-order valence-electron chi connectivity index (χ2n) is 4.73. The fourth-order valence-corrected chi connectivity index (χ4v) is 2.72. The Morgan fingerprint density at radius 3 is 2.85 bits per heavy atom. The van der Waals surface area contributed by atoms with Crippen molar-refractivity contribution in [1.82, 2.24) is 5.32 Å². The zero-order valence-corrected chi connectivity index (χ0v) is 12.8. The van der Waals surface area contributed by atoms with E-state index in [1.54, 1.807) is 18.2 Å². The van der Waals surface area contributed by atoms with Gasteiger partial charge >= 0.3 is 5.97 Å². The van der Waals surface area contributed by atoms with E-state index in [4.69, 9.17) is 21.4 Å². The summed E-state index contributed by atoms with van der Waals surface area (Å²) in [4.78, 5) is 23.3. The molecule has 1 saturated heterocycles. The predicted octanol–water partition coefficient (Wildman–Crippen LogP) is 2.47. The lowest BCUT2D eigenvalue weighted by Gasteiger charge is -2.27. The van der Waals surface area contributed by atoms with Crippen molar-refractivity contribution in [2.45, 2.75) is 18.4 Å². The number of halogens is 2. The average Bonchev–Trinajstić information content (AvgIpc) is 2.79. The topological polar surface area (TPSA) is 75.6 Å². The lowest BCUT2D eigenvalue weighted by molar-refractivity contribution is -0.138. The first-order valence-corrected chi connectivity index (χ1v) is 7.16. The predicted molar refractivity (Wildman–Crippen MR) is 77.0 cm³/mol. The third-order valence-corrected chi connectivity index (χ3v) is 3.97. The third kappa shape index (κ3) is 3.50. The Morgan fingerprint density at radius 1 is 1.50 bits per heavy atom. The number of carbonyl (C=O) groups excluding carboxylic acids is 1. The summed E-state index contributed by atoms with van der Waals surface area (Å²) in [6.45, 7) is 0.621. The molecule has 1 aromatic rings. The molecule has 0 aliphatic carbocycles. The van der Waals surface area contributed by atoms with Gasteiger partial charge in [0.1, 0.15) is 0 Å². The van der Waals surface area contributed by atoms with Crippen LogP contribution >= 0.6 is 27.5 Å². The number of carboxylic acid groups (broad SMARTS) is 1. The molecular formula is C13H13BrClNO4. The molecule has 1 aliphatic rings. The van der Waals surface area contributed by atoms with Gasteiger partial charge < -0.3 is 15.2 Å². The van der Waals surface area contributed by atoms with E-state index in [-0.39, 0.29) is 13.0 Å². The molecule has 1 heterocycles. The summed E-state index contributed by atoms with van der Waals surface area (Å²) in [6, 6.07) is 4.93. The van der Waals surface area contributed by atoms with Gasteiger partial charge in [-0.3, -0.25) is 9.59 Å². The highest BCUT2D eigenvalue weighted by molar-refractivity contribution is 9.10. The Labute approximate surface area is 129 Å². The number of carbonyl (C=O) groups is 2. The molecule has 1 atom stereocenters. The van der Waals surface area contributed by atoms with Crippen molar-refractivity contribution in [1.29, 1.82) is 0 Å². The maximum Gasteiger partial charge on any atom is 0.305 e. The van der Waals surface area contributed by atoms with E-state index in [0.29, 0.717) is 23.6 Å². The van der Waals surface area contributed by atoms with Crippen LogP contribution in [0.5, 0.6) is 0 Å². The zero-order valence-electron chi connectivity index (χ0n) is 10.5. The number of carboxylic acids is 1. The van der Waals surface area contributed by atoms with Crippen LogP contribution in [-0.2, 0) is 9.53 Å². The van der Waals surface area contributed by atoms with E-state index in [0.717, 1.165) is 4.47 Å². The summed E-state index contributed by atoms with van der Waals surface area (Å²) in [7, 11) is 0. The van der Waals surface area contributed by atoms with Crippen LogP contribution in [0.2, 0.25) is 5.02 Å². The summed E-state index contributed by atoms with van der Waals surface area (Å²) < 4.78 is 5.96. The lowest BCUT2D eigenvalue weighted by atomic mass is 9.93. The van der Waals surface area contributed by atoms with Crippen molar-refractivity contribution in [2.75, 3.05) is 13.2 Å². The third-order valence-electron chi connectivity index (χ3n) is 3.14. The largest absolute Gasteiger partial charge is 0.481 e. The molecule has 7 heteroatoms. The summed E-state index contributed by atoms with van der Waals surface area (Å²) in [5, 5.41) is 12.1. The minimum absolute atomic E-state index is 0.176. The van der Waals surface area contributed by atoms with Crippen LogP contribution in [0.4, 0.5) is 0 Å². The number of amides is 1. The van der Waals surface area contributed by atoms with Crippen molar-refractivity contribution in [3.63, 3.8) is 0 Å². The number of aliphatic carboxylic acids is 1. The van der Waals surface area contributed by atoms with Gasteiger partial charge in [0.25, 0.3) is 5.91 Å². The Hall–Kier alpha value is -1.11. The van der Waals surface area contributed by atoms with E-state index < -0.39 is 17.4 Å². The quantitative estimate of drug-likeness (QED) is 0.863. The molecule has 0 bridgehead atoms. The molecular weight excluding hydrogens is 350 g/mol. The molecule has 0 aromatic heterocycles. The van der Waals surface area contributed by atoms with Gasteiger partial charge in [0, 0.05) is 11.1 Å². The lowest BCUT2D eigenvalue weighted by Crippen LogP contribution is -2.50. The minimum atomic E-state index is -0.976. The monoisotopic (exact) mass is 361 g/mol. The summed E-state index contributed by atoms with van der Waals surface area (Å²) in [5.41, 5.74) is -0.563. The molecule has 0 radical (unpaired) electrons. The van der Waals surface area contributed by atoms with E-state index in [2.05, 4.69) is 21.2 Å². The second kappa shape index (κ2) is 6.11. The number of nitrogens with one attached hydrogen (secondary N) is 1. The van der Waals surface area contributed by atoms with Gasteiger partial charge in [-0.15, -0.1) is 0 Å². The van der Waals surface area contributed by atoms with Crippen LogP contribution in [0.15, 0.2) is 22.7 Å². The van der Waals surface area contributed by atoms with Gasteiger partial charge in [0.15, 0.2) is 0 Å². The van der Waals surface area contributed by atoms with Gasteiger partial charge in [0.2, 0.25) is 0 Å². The SMILES string of the molecule is O=C(O)CC1(NC(=O)c2cc(Br)ccc2Cl)CCOC1. The normalized spacial score (nSPS) is 21.7. The molecule has 1 unspecified atom stereocenters. The fraction of sp³-hybridized carbons (Fsp3) is 0.385. The van der Waals surface area contributed by atoms with Crippen molar-refractivity contribution in [3.05, 3.63) is 33.3 Å². The molecule has 0 saturated carbocycles. The van der Waals surface area contributed by atoms with Crippen LogP contribution < -0.4 is 5.32 Å². The summed E-state index contributed by atoms with van der Waals surface area (Å²) in [6.07, 6.45) is 0.293. The van der Waals surface area contributed by atoms with Crippen molar-refractivity contribution in [3.8, 4) is 0 Å². The highest BCUT2D eigenvalue weighted by Gasteiger charge is 2.39. The van der Waals surface area contributed by atoms with Gasteiger partial charge in [-0.2, -0.15) is 0 Å².